The number of aryl methyl sites for hydroxylation is 1. The minimum atomic E-state index is -0.830. The molecule has 204 valence electrons. The molecule has 0 saturated carbocycles. The maximum atomic E-state index is 11.9. The Morgan fingerprint density at radius 2 is 1.87 bits per heavy atom. The van der Waals surface area contributed by atoms with E-state index in [1.165, 1.54) is 4.90 Å². The van der Waals surface area contributed by atoms with Gasteiger partial charge in [0.25, 0.3) is 0 Å². The molecule has 2 amide bonds. The number of aliphatic carboxylic acids is 1. The van der Waals surface area contributed by atoms with Crippen molar-refractivity contribution in [1.82, 2.24) is 9.80 Å². The van der Waals surface area contributed by atoms with Crippen LogP contribution in [0.15, 0.2) is 36.4 Å². The molecule has 1 unspecified atom stereocenters. The zero-order valence-electron chi connectivity index (χ0n) is 22.6. The number of hydrogen-bond donors (Lipinski definition) is 1. The van der Waals surface area contributed by atoms with E-state index in [9.17, 15) is 19.5 Å². The SMILES string of the molecule is COc1cc(CN(CC(C)C)C(CC(=O)O)c2ccc3c(c2)CCO3)ccc1CCCN1C(=O)CCC1=O. The Morgan fingerprint density at radius 1 is 1.11 bits per heavy atom. The molecule has 2 heterocycles. The van der Waals surface area contributed by atoms with Gasteiger partial charge in [-0.1, -0.05) is 38.1 Å². The van der Waals surface area contributed by atoms with Crippen molar-refractivity contribution < 1.29 is 29.0 Å². The van der Waals surface area contributed by atoms with Crippen molar-refractivity contribution in [2.45, 2.75) is 65.0 Å². The number of likely N-dealkylation sites (tertiary alicyclic amines) is 1. The van der Waals surface area contributed by atoms with E-state index in [1.54, 1.807) is 7.11 Å². The second-order valence-corrected chi connectivity index (χ2v) is 10.6. The van der Waals surface area contributed by atoms with Gasteiger partial charge in [0.05, 0.1) is 20.1 Å². The first kappa shape index (κ1) is 27.6. The molecular weight excluding hydrogens is 484 g/mol. The maximum absolute atomic E-state index is 11.9. The third-order valence-corrected chi connectivity index (χ3v) is 7.23. The summed E-state index contributed by atoms with van der Waals surface area (Å²) in [7, 11) is 1.64. The van der Waals surface area contributed by atoms with Crippen molar-refractivity contribution in [3.8, 4) is 11.5 Å². The van der Waals surface area contributed by atoms with Gasteiger partial charge in [0.1, 0.15) is 11.5 Å². The Labute approximate surface area is 224 Å². The highest BCUT2D eigenvalue weighted by Gasteiger charge is 2.28. The molecule has 2 aromatic rings. The van der Waals surface area contributed by atoms with Gasteiger partial charge in [-0.3, -0.25) is 24.2 Å². The molecule has 8 heteroatoms. The van der Waals surface area contributed by atoms with Gasteiger partial charge in [-0.25, -0.2) is 0 Å². The Kier molecular flexibility index (Phi) is 9.05. The van der Waals surface area contributed by atoms with Crippen LogP contribution < -0.4 is 9.47 Å². The molecule has 38 heavy (non-hydrogen) atoms. The predicted molar refractivity (Wildman–Crippen MR) is 143 cm³/mol. The Morgan fingerprint density at radius 3 is 2.55 bits per heavy atom. The van der Waals surface area contributed by atoms with Gasteiger partial charge in [0.15, 0.2) is 0 Å². The molecule has 0 aliphatic carbocycles. The Bertz CT molecular complexity index is 1160. The predicted octanol–water partition coefficient (Wildman–Crippen LogP) is 4.39. The van der Waals surface area contributed by atoms with Gasteiger partial charge < -0.3 is 14.6 Å². The molecule has 8 nitrogen and oxygen atoms in total. The van der Waals surface area contributed by atoms with Crippen LogP contribution >= 0.6 is 0 Å². The number of carbonyl (C=O) groups excluding carboxylic acids is 2. The molecule has 0 bridgehead atoms. The summed E-state index contributed by atoms with van der Waals surface area (Å²) in [6.07, 6.45) is 2.84. The summed E-state index contributed by atoms with van der Waals surface area (Å²) in [6.45, 7) is 6.69. The number of carboxylic acids is 1. The van der Waals surface area contributed by atoms with E-state index in [2.05, 4.69) is 30.9 Å². The van der Waals surface area contributed by atoms with Crippen LogP contribution in [0.25, 0.3) is 0 Å². The first-order valence-corrected chi connectivity index (χ1v) is 13.5. The average molecular weight is 523 g/mol. The van der Waals surface area contributed by atoms with Crippen molar-refractivity contribution in [3.05, 3.63) is 58.7 Å². The van der Waals surface area contributed by atoms with Crippen LogP contribution in [-0.2, 0) is 33.8 Å². The Balaban J connectivity index is 1.51. The fraction of sp³-hybridized carbons (Fsp3) is 0.500. The second-order valence-electron chi connectivity index (χ2n) is 10.6. The van der Waals surface area contributed by atoms with Crippen LogP contribution in [0.5, 0.6) is 11.5 Å². The number of hydrogen-bond acceptors (Lipinski definition) is 6. The van der Waals surface area contributed by atoms with Gasteiger partial charge in [-0.15, -0.1) is 0 Å². The number of amides is 2. The molecule has 0 radical (unpaired) electrons. The molecule has 0 spiro atoms. The molecular formula is C30H38N2O6. The fourth-order valence-electron chi connectivity index (χ4n) is 5.44. The van der Waals surface area contributed by atoms with Gasteiger partial charge in [0.2, 0.25) is 11.8 Å². The largest absolute Gasteiger partial charge is 0.496 e. The smallest absolute Gasteiger partial charge is 0.305 e. The summed E-state index contributed by atoms with van der Waals surface area (Å²) in [4.78, 5) is 39.3. The summed E-state index contributed by atoms with van der Waals surface area (Å²) < 4.78 is 11.4. The quantitative estimate of drug-likeness (QED) is 0.390. The van der Waals surface area contributed by atoms with E-state index in [-0.39, 0.29) is 24.3 Å². The van der Waals surface area contributed by atoms with Crippen molar-refractivity contribution in [2.75, 3.05) is 26.8 Å². The van der Waals surface area contributed by atoms with Crippen molar-refractivity contribution in [1.29, 1.82) is 0 Å². The van der Waals surface area contributed by atoms with E-state index in [1.807, 2.05) is 24.3 Å². The van der Waals surface area contributed by atoms with E-state index >= 15 is 0 Å². The van der Waals surface area contributed by atoms with E-state index in [0.717, 1.165) is 46.7 Å². The topological polar surface area (TPSA) is 96.4 Å². The summed E-state index contributed by atoms with van der Waals surface area (Å²) in [5.74, 6) is 0.987. The summed E-state index contributed by atoms with van der Waals surface area (Å²) in [5, 5.41) is 9.78. The molecule has 1 saturated heterocycles. The third-order valence-electron chi connectivity index (χ3n) is 7.23. The van der Waals surface area contributed by atoms with E-state index < -0.39 is 5.97 Å². The number of carbonyl (C=O) groups is 3. The summed E-state index contributed by atoms with van der Waals surface area (Å²) >= 11 is 0. The number of benzene rings is 2. The van der Waals surface area contributed by atoms with Crippen LogP contribution in [0.4, 0.5) is 0 Å². The number of rotatable bonds is 13. The lowest BCUT2D eigenvalue weighted by Crippen LogP contribution is -2.33. The Hall–Kier alpha value is -3.39. The van der Waals surface area contributed by atoms with Gasteiger partial charge >= 0.3 is 5.97 Å². The maximum Gasteiger partial charge on any atom is 0.305 e. The molecule has 1 N–H and O–H groups in total. The first-order valence-electron chi connectivity index (χ1n) is 13.5. The van der Waals surface area contributed by atoms with Crippen LogP contribution in [0.2, 0.25) is 0 Å². The average Bonchev–Trinajstić information content (AvgIpc) is 3.48. The van der Waals surface area contributed by atoms with Gasteiger partial charge in [-0.05, 0) is 53.1 Å². The van der Waals surface area contributed by atoms with Crippen LogP contribution in [-0.4, -0.2) is 59.5 Å². The van der Waals surface area contributed by atoms with Crippen molar-refractivity contribution in [3.63, 3.8) is 0 Å². The highest BCUT2D eigenvalue weighted by Crippen LogP contribution is 2.34. The third kappa shape index (κ3) is 6.72. The highest BCUT2D eigenvalue weighted by atomic mass is 16.5. The minimum Gasteiger partial charge on any atom is -0.496 e. The lowest BCUT2D eigenvalue weighted by molar-refractivity contribution is -0.139. The van der Waals surface area contributed by atoms with Crippen molar-refractivity contribution >= 4 is 17.8 Å². The fourth-order valence-corrected chi connectivity index (χ4v) is 5.44. The van der Waals surface area contributed by atoms with E-state index in [0.29, 0.717) is 51.3 Å². The molecule has 0 aromatic heterocycles. The van der Waals surface area contributed by atoms with Crippen molar-refractivity contribution in [2.24, 2.45) is 5.92 Å². The monoisotopic (exact) mass is 522 g/mol. The van der Waals surface area contributed by atoms with E-state index in [4.69, 9.17) is 9.47 Å². The highest BCUT2D eigenvalue weighted by molar-refractivity contribution is 6.01. The number of ether oxygens (including phenoxy) is 2. The molecule has 1 fully saturated rings. The molecule has 4 rings (SSSR count). The zero-order chi connectivity index (χ0) is 27.2. The number of methoxy groups -OCH3 is 1. The standard InChI is InChI=1S/C30H38N2O6/c1-20(2)18-31(25(17-30(35)36)23-8-9-26-24(16-23)12-14-38-26)19-21-6-7-22(27(15-21)37-3)5-4-13-32-28(33)10-11-29(32)34/h6-9,15-16,20,25H,4-5,10-14,17-19H2,1-3H3,(H,35,36). The molecule has 2 aliphatic heterocycles. The summed E-state index contributed by atoms with van der Waals surface area (Å²) in [6, 6.07) is 11.9. The van der Waals surface area contributed by atoms with Crippen LogP contribution in [0.3, 0.4) is 0 Å². The van der Waals surface area contributed by atoms with Crippen LogP contribution in [0.1, 0.15) is 67.8 Å². The van der Waals surface area contributed by atoms with Gasteiger partial charge in [0, 0.05) is 44.9 Å². The minimum absolute atomic E-state index is 0.00945. The summed E-state index contributed by atoms with van der Waals surface area (Å²) in [5.41, 5.74) is 4.18. The zero-order valence-corrected chi connectivity index (χ0v) is 22.6. The molecule has 1 atom stereocenters. The normalized spacial score (nSPS) is 15.8. The lowest BCUT2D eigenvalue weighted by Gasteiger charge is -2.33. The first-order chi connectivity index (χ1) is 18.2. The number of fused-ring (bicyclic) bond motifs is 1. The second kappa shape index (κ2) is 12.4. The number of carboxylic acid groups (broad SMARTS) is 1. The lowest BCUT2D eigenvalue weighted by atomic mass is 9.96. The number of imide groups is 1. The molecule has 2 aromatic carbocycles. The number of nitrogens with zero attached hydrogens (tertiary/aromatic N) is 2. The van der Waals surface area contributed by atoms with Crippen LogP contribution in [0, 0.1) is 5.92 Å². The molecule has 2 aliphatic rings. The van der Waals surface area contributed by atoms with Gasteiger partial charge in [-0.2, -0.15) is 0 Å².